The first-order valence-corrected chi connectivity index (χ1v) is 6.38. The number of hydrogen-bond acceptors (Lipinski definition) is 3. The van der Waals surface area contributed by atoms with Crippen LogP contribution in [0.3, 0.4) is 0 Å². The van der Waals surface area contributed by atoms with E-state index in [4.69, 9.17) is 5.26 Å². The lowest BCUT2D eigenvalue weighted by Gasteiger charge is -2.03. The molecule has 0 fully saturated rings. The van der Waals surface area contributed by atoms with Gasteiger partial charge in [-0.15, -0.1) is 11.3 Å². The number of thiophene rings is 1. The van der Waals surface area contributed by atoms with Gasteiger partial charge in [0.25, 0.3) is 5.91 Å². The summed E-state index contributed by atoms with van der Waals surface area (Å²) >= 11 is 1.43. The van der Waals surface area contributed by atoms with Crippen molar-refractivity contribution in [3.8, 4) is 16.5 Å². The van der Waals surface area contributed by atoms with Crippen molar-refractivity contribution >= 4 is 17.2 Å². The van der Waals surface area contributed by atoms with Crippen molar-refractivity contribution in [3.63, 3.8) is 0 Å². The number of rotatable bonds is 3. The molecule has 0 bridgehead atoms. The molecule has 2 aromatic rings. The summed E-state index contributed by atoms with van der Waals surface area (Å²) in [6.45, 7) is 1.66. The standard InChI is InChI=1S/C14H12N2OS/c1-10(9-15)16-14(17)13-8-7-12(18-13)11-5-3-2-4-6-11/h2-8,10H,1H3,(H,16,17). The Labute approximate surface area is 110 Å². The van der Waals surface area contributed by atoms with Crippen LogP contribution >= 0.6 is 11.3 Å². The lowest BCUT2D eigenvalue weighted by molar-refractivity contribution is 0.0952. The normalized spacial score (nSPS) is 11.6. The van der Waals surface area contributed by atoms with Crippen LogP contribution in [0.25, 0.3) is 10.4 Å². The van der Waals surface area contributed by atoms with Gasteiger partial charge in [-0.2, -0.15) is 5.26 Å². The van der Waals surface area contributed by atoms with Crippen LogP contribution in [0.4, 0.5) is 0 Å². The second-order valence-corrected chi connectivity index (χ2v) is 4.94. The average molecular weight is 256 g/mol. The van der Waals surface area contributed by atoms with Crippen molar-refractivity contribution in [2.24, 2.45) is 0 Å². The van der Waals surface area contributed by atoms with Gasteiger partial charge in [0.15, 0.2) is 0 Å². The molecule has 90 valence electrons. The van der Waals surface area contributed by atoms with Crippen molar-refractivity contribution < 1.29 is 4.79 Å². The van der Waals surface area contributed by atoms with E-state index in [0.29, 0.717) is 4.88 Å². The smallest absolute Gasteiger partial charge is 0.262 e. The van der Waals surface area contributed by atoms with Gasteiger partial charge in [0.2, 0.25) is 0 Å². The molecule has 1 heterocycles. The van der Waals surface area contributed by atoms with Gasteiger partial charge in [-0.05, 0) is 24.6 Å². The van der Waals surface area contributed by atoms with Gasteiger partial charge in [-0.3, -0.25) is 4.79 Å². The molecular formula is C14H12N2OS. The molecule has 1 N–H and O–H groups in total. The minimum atomic E-state index is -0.472. The summed E-state index contributed by atoms with van der Waals surface area (Å²) in [4.78, 5) is 13.5. The van der Waals surface area contributed by atoms with E-state index in [2.05, 4.69) is 5.32 Å². The first kappa shape index (κ1) is 12.3. The van der Waals surface area contributed by atoms with Crippen LogP contribution in [0, 0.1) is 11.3 Å². The predicted molar refractivity (Wildman–Crippen MR) is 72.3 cm³/mol. The van der Waals surface area contributed by atoms with Gasteiger partial charge in [0.1, 0.15) is 6.04 Å². The largest absolute Gasteiger partial charge is 0.336 e. The van der Waals surface area contributed by atoms with E-state index < -0.39 is 6.04 Å². The van der Waals surface area contributed by atoms with Crippen LogP contribution in [0.2, 0.25) is 0 Å². The Kier molecular flexibility index (Phi) is 3.75. The van der Waals surface area contributed by atoms with E-state index in [9.17, 15) is 4.79 Å². The highest BCUT2D eigenvalue weighted by molar-refractivity contribution is 7.17. The van der Waals surface area contributed by atoms with Crippen LogP contribution in [-0.4, -0.2) is 11.9 Å². The van der Waals surface area contributed by atoms with E-state index in [1.807, 2.05) is 42.5 Å². The lowest BCUT2D eigenvalue weighted by Crippen LogP contribution is -2.30. The summed E-state index contributed by atoms with van der Waals surface area (Å²) in [6.07, 6.45) is 0. The lowest BCUT2D eigenvalue weighted by atomic mass is 10.2. The highest BCUT2D eigenvalue weighted by Gasteiger charge is 2.12. The molecule has 0 aliphatic rings. The highest BCUT2D eigenvalue weighted by atomic mass is 32.1. The second-order valence-electron chi connectivity index (χ2n) is 3.85. The van der Waals surface area contributed by atoms with Crippen LogP contribution in [-0.2, 0) is 0 Å². The van der Waals surface area contributed by atoms with Gasteiger partial charge in [0.05, 0.1) is 10.9 Å². The minimum absolute atomic E-state index is 0.198. The molecule has 1 aromatic carbocycles. The van der Waals surface area contributed by atoms with Crippen LogP contribution in [0.1, 0.15) is 16.6 Å². The van der Waals surface area contributed by atoms with E-state index in [1.165, 1.54) is 11.3 Å². The third-order valence-corrected chi connectivity index (χ3v) is 3.56. The number of nitrogens with one attached hydrogen (secondary N) is 1. The van der Waals surface area contributed by atoms with Crippen LogP contribution < -0.4 is 5.32 Å². The summed E-state index contributed by atoms with van der Waals surface area (Å²) in [5, 5.41) is 11.3. The fourth-order valence-corrected chi connectivity index (χ4v) is 2.43. The summed E-state index contributed by atoms with van der Waals surface area (Å²) in [5.74, 6) is -0.198. The summed E-state index contributed by atoms with van der Waals surface area (Å²) in [7, 11) is 0. The third-order valence-electron chi connectivity index (χ3n) is 2.43. The summed E-state index contributed by atoms with van der Waals surface area (Å²) < 4.78 is 0. The Morgan fingerprint density at radius 2 is 2.00 bits per heavy atom. The molecule has 0 aliphatic carbocycles. The predicted octanol–water partition coefficient (Wildman–Crippen LogP) is 3.06. The minimum Gasteiger partial charge on any atom is -0.336 e. The maximum Gasteiger partial charge on any atom is 0.262 e. The maximum atomic E-state index is 11.8. The van der Waals surface area contributed by atoms with Crippen LogP contribution in [0.15, 0.2) is 42.5 Å². The second kappa shape index (κ2) is 5.48. The molecule has 3 nitrogen and oxygen atoms in total. The zero-order valence-electron chi connectivity index (χ0n) is 9.88. The van der Waals surface area contributed by atoms with Gasteiger partial charge < -0.3 is 5.32 Å². The fourth-order valence-electron chi connectivity index (χ4n) is 1.52. The number of nitrogens with zero attached hydrogens (tertiary/aromatic N) is 1. The Morgan fingerprint density at radius 3 is 2.67 bits per heavy atom. The average Bonchev–Trinajstić information content (AvgIpc) is 2.89. The fraction of sp³-hybridized carbons (Fsp3) is 0.143. The molecule has 1 unspecified atom stereocenters. The zero-order chi connectivity index (χ0) is 13.0. The number of benzene rings is 1. The van der Waals surface area contributed by atoms with E-state index >= 15 is 0 Å². The summed E-state index contributed by atoms with van der Waals surface area (Å²) in [5.41, 5.74) is 1.09. The molecule has 1 atom stereocenters. The molecule has 0 aliphatic heterocycles. The van der Waals surface area contributed by atoms with E-state index in [-0.39, 0.29) is 5.91 Å². The highest BCUT2D eigenvalue weighted by Crippen LogP contribution is 2.27. The molecule has 1 aromatic heterocycles. The zero-order valence-corrected chi connectivity index (χ0v) is 10.7. The molecular weight excluding hydrogens is 244 g/mol. The topological polar surface area (TPSA) is 52.9 Å². The Morgan fingerprint density at radius 1 is 1.28 bits per heavy atom. The number of nitriles is 1. The number of amides is 1. The third kappa shape index (κ3) is 2.76. The van der Waals surface area contributed by atoms with Gasteiger partial charge >= 0.3 is 0 Å². The van der Waals surface area contributed by atoms with Crippen molar-refractivity contribution in [1.82, 2.24) is 5.32 Å². The monoisotopic (exact) mass is 256 g/mol. The van der Waals surface area contributed by atoms with Crippen molar-refractivity contribution in [2.45, 2.75) is 13.0 Å². The molecule has 18 heavy (non-hydrogen) atoms. The van der Waals surface area contributed by atoms with Crippen molar-refractivity contribution in [2.75, 3.05) is 0 Å². The van der Waals surface area contributed by atoms with Gasteiger partial charge in [-0.25, -0.2) is 0 Å². The molecule has 0 saturated heterocycles. The van der Waals surface area contributed by atoms with Crippen molar-refractivity contribution in [3.05, 3.63) is 47.3 Å². The molecule has 2 rings (SSSR count). The van der Waals surface area contributed by atoms with E-state index in [1.54, 1.807) is 13.0 Å². The van der Waals surface area contributed by atoms with Gasteiger partial charge in [0, 0.05) is 4.88 Å². The number of carbonyl (C=O) groups is 1. The molecule has 4 heteroatoms. The molecule has 0 spiro atoms. The Balaban J connectivity index is 2.17. The van der Waals surface area contributed by atoms with E-state index in [0.717, 1.165) is 10.4 Å². The Bertz CT molecular complexity index is 583. The first-order chi connectivity index (χ1) is 8.70. The number of hydrogen-bond donors (Lipinski definition) is 1. The maximum absolute atomic E-state index is 11.8. The number of carbonyl (C=O) groups excluding carboxylic acids is 1. The molecule has 0 saturated carbocycles. The quantitative estimate of drug-likeness (QED) is 0.917. The van der Waals surface area contributed by atoms with Crippen LogP contribution in [0.5, 0.6) is 0 Å². The molecule has 1 amide bonds. The van der Waals surface area contributed by atoms with Gasteiger partial charge in [-0.1, -0.05) is 30.3 Å². The molecule has 0 radical (unpaired) electrons. The first-order valence-electron chi connectivity index (χ1n) is 5.56. The summed E-state index contributed by atoms with van der Waals surface area (Å²) in [6, 6.07) is 15.1. The SMILES string of the molecule is CC(C#N)NC(=O)c1ccc(-c2ccccc2)s1. The Hall–Kier alpha value is -2.12. The van der Waals surface area contributed by atoms with Crippen molar-refractivity contribution in [1.29, 1.82) is 5.26 Å².